The highest BCUT2D eigenvalue weighted by molar-refractivity contribution is 6.04. The van der Waals surface area contributed by atoms with Crippen molar-refractivity contribution >= 4 is 11.7 Å². The van der Waals surface area contributed by atoms with Crippen LogP contribution in [0.2, 0.25) is 0 Å². The number of methoxy groups -OCH3 is 1. The lowest BCUT2D eigenvalue weighted by Gasteiger charge is -2.12. The van der Waals surface area contributed by atoms with Gasteiger partial charge in [-0.2, -0.15) is 5.10 Å². The van der Waals surface area contributed by atoms with Gasteiger partial charge in [0.1, 0.15) is 5.82 Å². The number of aromatic nitrogens is 2. The van der Waals surface area contributed by atoms with Crippen LogP contribution in [0.25, 0.3) is 0 Å². The highest BCUT2D eigenvalue weighted by atomic mass is 16.5. The largest absolute Gasteiger partial charge is 0.493 e. The molecule has 27 heavy (non-hydrogen) atoms. The molecule has 0 aliphatic rings. The molecule has 2 aromatic carbocycles. The lowest BCUT2D eigenvalue weighted by atomic mass is 10.2. The molecule has 1 heterocycles. The zero-order chi connectivity index (χ0) is 19.2. The first-order valence-electron chi connectivity index (χ1n) is 8.81. The quantitative estimate of drug-likeness (QED) is 0.690. The third-order valence-corrected chi connectivity index (χ3v) is 4.04. The first-order valence-corrected chi connectivity index (χ1v) is 8.81. The Morgan fingerprint density at radius 2 is 1.89 bits per heavy atom. The number of amides is 1. The van der Waals surface area contributed by atoms with Crippen molar-refractivity contribution in [3.05, 3.63) is 71.4 Å². The average Bonchev–Trinajstić information content (AvgIpc) is 3.01. The van der Waals surface area contributed by atoms with Crippen LogP contribution in [0.4, 0.5) is 5.82 Å². The van der Waals surface area contributed by atoms with Crippen LogP contribution in [0, 0.1) is 6.92 Å². The smallest absolute Gasteiger partial charge is 0.256 e. The highest BCUT2D eigenvalue weighted by Gasteiger charge is 2.14. The van der Waals surface area contributed by atoms with Crippen molar-refractivity contribution in [1.29, 1.82) is 0 Å². The molecule has 3 aromatic rings. The minimum atomic E-state index is -0.229. The van der Waals surface area contributed by atoms with E-state index >= 15 is 0 Å². The Morgan fingerprint density at radius 3 is 2.59 bits per heavy atom. The number of carbonyl (C=O) groups excluding carboxylic acids is 1. The van der Waals surface area contributed by atoms with E-state index in [1.54, 1.807) is 30.0 Å². The van der Waals surface area contributed by atoms with Gasteiger partial charge in [0.05, 0.1) is 26.0 Å². The summed E-state index contributed by atoms with van der Waals surface area (Å²) in [6, 6.07) is 17.0. The SMILES string of the molecule is CCOc1cc(C(=O)Nc2cc(C)nn2Cc2ccccc2)ccc1OC. The van der Waals surface area contributed by atoms with Crippen LogP contribution >= 0.6 is 0 Å². The summed E-state index contributed by atoms with van der Waals surface area (Å²) in [4.78, 5) is 12.7. The molecule has 6 nitrogen and oxygen atoms in total. The topological polar surface area (TPSA) is 65.4 Å². The van der Waals surface area contributed by atoms with Crippen molar-refractivity contribution in [2.24, 2.45) is 0 Å². The van der Waals surface area contributed by atoms with Crippen LogP contribution in [-0.4, -0.2) is 29.4 Å². The lowest BCUT2D eigenvalue weighted by molar-refractivity contribution is 0.102. The summed E-state index contributed by atoms with van der Waals surface area (Å²) in [6.45, 7) is 4.86. The Kier molecular flexibility index (Phi) is 5.76. The van der Waals surface area contributed by atoms with Crippen LogP contribution in [0.5, 0.6) is 11.5 Å². The van der Waals surface area contributed by atoms with Crippen molar-refractivity contribution in [2.45, 2.75) is 20.4 Å². The van der Waals surface area contributed by atoms with E-state index in [0.29, 0.717) is 36.0 Å². The van der Waals surface area contributed by atoms with E-state index in [-0.39, 0.29) is 5.91 Å². The van der Waals surface area contributed by atoms with E-state index in [4.69, 9.17) is 9.47 Å². The van der Waals surface area contributed by atoms with Gasteiger partial charge in [-0.1, -0.05) is 30.3 Å². The molecule has 1 amide bonds. The van der Waals surface area contributed by atoms with Crippen molar-refractivity contribution < 1.29 is 14.3 Å². The first-order chi connectivity index (χ1) is 13.1. The molecule has 0 saturated carbocycles. The predicted molar refractivity (Wildman–Crippen MR) is 105 cm³/mol. The maximum Gasteiger partial charge on any atom is 0.256 e. The fourth-order valence-electron chi connectivity index (χ4n) is 2.80. The third-order valence-electron chi connectivity index (χ3n) is 4.04. The Labute approximate surface area is 158 Å². The molecular formula is C21H23N3O3. The van der Waals surface area contributed by atoms with E-state index in [1.165, 1.54) is 0 Å². The summed E-state index contributed by atoms with van der Waals surface area (Å²) >= 11 is 0. The van der Waals surface area contributed by atoms with Crippen molar-refractivity contribution in [3.63, 3.8) is 0 Å². The maximum atomic E-state index is 12.7. The predicted octanol–water partition coefficient (Wildman–Crippen LogP) is 3.90. The minimum absolute atomic E-state index is 0.229. The molecule has 0 bridgehead atoms. The molecule has 0 aliphatic heterocycles. The molecule has 1 aromatic heterocycles. The molecule has 3 rings (SSSR count). The number of hydrogen-bond donors (Lipinski definition) is 1. The van der Waals surface area contributed by atoms with E-state index in [9.17, 15) is 4.79 Å². The number of aryl methyl sites for hydroxylation is 1. The van der Waals surface area contributed by atoms with E-state index in [2.05, 4.69) is 10.4 Å². The van der Waals surface area contributed by atoms with Crippen molar-refractivity contribution in [2.75, 3.05) is 19.0 Å². The second-order valence-electron chi connectivity index (χ2n) is 6.07. The summed E-state index contributed by atoms with van der Waals surface area (Å²) in [5.74, 6) is 1.56. The Hall–Kier alpha value is -3.28. The van der Waals surface area contributed by atoms with Gasteiger partial charge in [0.15, 0.2) is 11.5 Å². The molecule has 0 spiro atoms. The van der Waals surface area contributed by atoms with Gasteiger partial charge >= 0.3 is 0 Å². The Bertz CT molecular complexity index is 920. The van der Waals surface area contributed by atoms with E-state index in [1.807, 2.05) is 50.2 Å². The molecular weight excluding hydrogens is 342 g/mol. The number of benzene rings is 2. The summed E-state index contributed by atoms with van der Waals surface area (Å²) in [5, 5.41) is 7.42. The van der Waals surface area contributed by atoms with Gasteiger partial charge in [-0.25, -0.2) is 4.68 Å². The van der Waals surface area contributed by atoms with Crippen LogP contribution in [0.1, 0.15) is 28.5 Å². The lowest BCUT2D eigenvalue weighted by Crippen LogP contribution is -2.16. The van der Waals surface area contributed by atoms with Crippen LogP contribution < -0.4 is 14.8 Å². The molecule has 0 fully saturated rings. The zero-order valence-electron chi connectivity index (χ0n) is 15.7. The Morgan fingerprint density at radius 1 is 1.11 bits per heavy atom. The molecule has 0 saturated heterocycles. The number of anilines is 1. The summed E-state index contributed by atoms with van der Waals surface area (Å²) in [6.07, 6.45) is 0. The molecule has 0 unspecified atom stereocenters. The average molecular weight is 365 g/mol. The minimum Gasteiger partial charge on any atom is -0.493 e. The summed E-state index contributed by atoms with van der Waals surface area (Å²) in [7, 11) is 1.57. The third kappa shape index (κ3) is 4.47. The second-order valence-corrected chi connectivity index (χ2v) is 6.07. The number of rotatable bonds is 7. The van der Waals surface area contributed by atoms with Crippen molar-refractivity contribution in [1.82, 2.24) is 9.78 Å². The number of nitrogens with zero attached hydrogens (tertiary/aromatic N) is 2. The molecule has 1 N–H and O–H groups in total. The molecule has 6 heteroatoms. The summed E-state index contributed by atoms with van der Waals surface area (Å²) < 4.78 is 12.6. The second kappa shape index (κ2) is 8.40. The van der Waals surface area contributed by atoms with Crippen LogP contribution in [0.3, 0.4) is 0 Å². The highest BCUT2D eigenvalue weighted by Crippen LogP contribution is 2.28. The molecule has 0 radical (unpaired) electrons. The van der Waals surface area contributed by atoms with Gasteiger partial charge in [-0.15, -0.1) is 0 Å². The molecule has 0 aliphatic carbocycles. The van der Waals surface area contributed by atoms with E-state index in [0.717, 1.165) is 11.3 Å². The molecule has 0 atom stereocenters. The van der Waals surface area contributed by atoms with Gasteiger partial charge in [-0.3, -0.25) is 4.79 Å². The fourth-order valence-corrected chi connectivity index (χ4v) is 2.80. The van der Waals surface area contributed by atoms with Gasteiger partial charge in [0.2, 0.25) is 0 Å². The van der Waals surface area contributed by atoms with Crippen molar-refractivity contribution in [3.8, 4) is 11.5 Å². The fraction of sp³-hybridized carbons (Fsp3) is 0.238. The standard InChI is InChI=1S/C21H23N3O3/c1-4-27-19-13-17(10-11-18(19)26-3)21(25)22-20-12-15(2)23-24(20)14-16-8-6-5-7-9-16/h5-13H,4,14H2,1-3H3,(H,22,25). The zero-order valence-corrected chi connectivity index (χ0v) is 15.7. The van der Waals surface area contributed by atoms with Gasteiger partial charge < -0.3 is 14.8 Å². The van der Waals surface area contributed by atoms with Gasteiger partial charge in [-0.05, 0) is 37.6 Å². The number of hydrogen-bond acceptors (Lipinski definition) is 4. The number of ether oxygens (including phenoxy) is 2. The Balaban J connectivity index is 1.81. The number of carbonyl (C=O) groups is 1. The maximum absolute atomic E-state index is 12.7. The first kappa shape index (κ1) is 18.5. The summed E-state index contributed by atoms with van der Waals surface area (Å²) in [5.41, 5.74) is 2.44. The van der Waals surface area contributed by atoms with Crippen LogP contribution in [0.15, 0.2) is 54.6 Å². The molecule has 140 valence electrons. The van der Waals surface area contributed by atoms with Crippen LogP contribution in [-0.2, 0) is 6.54 Å². The van der Waals surface area contributed by atoms with Gasteiger partial charge in [0.25, 0.3) is 5.91 Å². The number of nitrogens with one attached hydrogen (secondary N) is 1. The normalized spacial score (nSPS) is 10.5. The van der Waals surface area contributed by atoms with E-state index < -0.39 is 0 Å². The monoisotopic (exact) mass is 365 g/mol. The van der Waals surface area contributed by atoms with Gasteiger partial charge in [0, 0.05) is 11.6 Å².